The van der Waals surface area contributed by atoms with Crippen LogP contribution in [-0.4, -0.2) is 53.9 Å². The van der Waals surface area contributed by atoms with Gasteiger partial charge in [-0.25, -0.2) is 14.6 Å². The van der Waals surface area contributed by atoms with E-state index in [4.69, 9.17) is 52.7 Å². The first-order valence-corrected chi connectivity index (χ1v) is 11.6. The predicted molar refractivity (Wildman–Crippen MR) is 132 cm³/mol. The lowest BCUT2D eigenvalue weighted by atomic mass is 10.1. The number of hydrogen-bond acceptors (Lipinski definition) is 8. The van der Waals surface area contributed by atoms with E-state index in [1.54, 1.807) is 29.5 Å². The Hall–Kier alpha value is -3.71. The van der Waals surface area contributed by atoms with Gasteiger partial charge in [0.1, 0.15) is 37.7 Å². The minimum absolute atomic E-state index is 0.282. The van der Waals surface area contributed by atoms with E-state index in [2.05, 4.69) is 15.1 Å². The monoisotopic (exact) mass is 548 g/mol. The maximum absolute atomic E-state index is 8.36. The second kappa shape index (κ2) is 11.6. The van der Waals surface area contributed by atoms with Crippen molar-refractivity contribution in [3.63, 3.8) is 0 Å². The normalized spacial score (nSPS) is 18.7. The van der Waals surface area contributed by atoms with Crippen molar-refractivity contribution in [2.45, 2.75) is 18.4 Å². The molecule has 2 unspecified atom stereocenters. The summed E-state index contributed by atoms with van der Waals surface area (Å²) in [5.74, 6) is -0.393. The summed E-state index contributed by atoms with van der Waals surface area (Å²) in [6.45, 7) is 0.931. The Bertz CT molecular complexity index is 1330. The molecule has 0 radical (unpaired) electrons. The zero-order valence-electron chi connectivity index (χ0n) is 19.5. The predicted octanol–water partition coefficient (Wildman–Crippen LogP) is 3.99. The molecule has 1 aliphatic rings. The van der Waals surface area contributed by atoms with Crippen molar-refractivity contribution in [3.8, 4) is 17.0 Å². The zero-order chi connectivity index (χ0) is 26.4. The Kier molecular flexibility index (Phi) is 8.24. The van der Waals surface area contributed by atoms with Crippen molar-refractivity contribution < 1.29 is 24.5 Å². The van der Waals surface area contributed by atoms with Gasteiger partial charge in [-0.05, 0) is 36.4 Å². The van der Waals surface area contributed by atoms with E-state index in [1.165, 1.54) is 6.33 Å². The fourth-order valence-electron chi connectivity index (χ4n) is 3.83. The molecule has 0 saturated carbocycles. The van der Waals surface area contributed by atoms with Gasteiger partial charge >= 0.3 is 0 Å². The summed E-state index contributed by atoms with van der Waals surface area (Å²) in [6, 6.07) is 13.1. The fourth-order valence-corrected chi connectivity index (χ4v) is 4.38. The third-order valence-electron chi connectivity index (χ3n) is 5.44. The Morgan fingerprint density at radius 2 is 1.97 bits per heavy atom. The van der Waals surface area contributed by atoms with Gasteiger partial charge in [-0.1, -0.05) is 29.3 Å². The topological polar surface area (TPSA) is 140 Å². The van der Waals surface area contributed by atoms with Crippen LogP contribution in [0, 0.1) is 10.1 Å². The average molecular weight is 549 g/mol. The van der Waals surface area contributed by atoms with Gasteiger partial charge < -0.3 is 24.0 Å². The van der Waals surface area contributed by atoms with Crippen LogP contribution in [0.5, 0.6) is 5.75 Å². The number of halogens is 2. The maximum atomic E-state index is 8.36. The molecule has 1 saturated heterocycles. The molecule has 0 bridgehead atoms. The quantitative estimate of drug-likeness (QED) is 0.268. The second-order valence-corrected chi connectivity index (χ2v) is 8.83. The summed E-state index contributed by atoms with van der Waals surface area (Å²) >= 11 is 12.6. The highest BCUT2D eigenvalue weighted by atomic mass is 35.5. The van der Waals surface area contributed by atoms with E-state index in [-0.39, 0.29) is 12.6 Å². The largest absolute Gasteiger partial charge is 0.491 e. The van der Waals surface area contributed by atoms with Crippen LogP contribution >= 0.6 is 23.2 Å². The van der Waals surface area contributed by atoms with Crippen molar-refractivity contribution in [2.75, 3.05) is 13.2 Å². The van der Waals surface area contributed by atoms with Crippen LogP contribution < -0.4 is 4.74 Å². The first-order chi connectivity index (χ1) is 17.8. The van der Waals surface area contributed by atoms with E-state index < -0.39 is 10.9 Å². The summed E-state index contributed by atoms with van der Waals surface area (Å²) in [5, 5.41) is 18.8. The second-order valence-electron chi connectivity index (χ2n) is 7.98. The van der Waals surface area contributed by atoms with Crippen LogP contribution in [0.15, 0.2) is 67.6 Å². The van der Waals surface area contributed by atoms with E-state index in [0.717, 1.165) is 17.0 Å². The fraction of sp³-hybridized carbons (Fsp3) is 0.261. The summed E-state index contributed by atoms with van der Waals surface area (Å²) in [6.07, 6.45) is 6.36. The maximum Gasteiger partial charge on any atom is 0.291 e. The van der Waals surface area contributed by atoms with Crippen LogP contribution in [0.3, 0.4) is 0 Å². The molecule has 1 fully saturated rings. The highest BCUT2D eigenvalue weighted by Gasteiger charge is 2.45. The smallest absolute Gasteiger partial charge is 0.291 e. The molecule has 0 amide bonds. The minimum atomic E-state index is -1.50. The number of nitrogens with zero attached hydrogens (tertiary/aromatic N) is 6. The molecule has 37 heavy (non-hydrogen) atoms. The van der Waals surface area contributed by atoms with Crippen LogP contribution in [0.4, 0.5) is 0 Å². The molecule has 12 nitrogen and oxygen atoms in total. The van der Waals surface area contributed by atoms with Gasteiger partial charge in [0.25, 0.3) is 5.09 Å². The van der Waals surface area contributed by atoms with Gasteiger partial charge in [0.15, 0.2) is 0 Å². The van der Waals surface area contributed by atoms with Gasteiger partial charge in [-0.15, -0.1) is 10.1 Å². The number of aromatic nitrogens is 5. The van der Waals surface area contributed by atoms with E-state index in [9.17, 15) is 0 Å². The summed E-state index contributed by atoms with van der Waals surface area (Å²) in [4.78, 5) is 16.5. The van der Waals surface area contributed by atoms with Gasteiger partial charge in [0.05, 0.1) is 29.8 Å². The van der Waals surface area contributed by atoms with Gasteiger partial charge in [0.2, 0.25) is 5.79 Å². The summed E-state index contributed by atoms with van der Waals surface area (Å²) in [7, 11) is 1.96. The molecule has 14 heteroatoms. The number of aryl methyl sites for hydroxylation is 1. The average Bonchev–Trinajstić information content (AvgIpc) is 3.60. The SMILES string of the molecule is Cn1cncc1-c1ccc(OCC2COC(Cn3cncn3)(c3ccc(Cl)cc3Cl)O2)cc1.O=[N+]([O-])O. The molecular formula is C23H22Cl2N6O6. The Balaban J connectivity index is 0.000000747. The molecule has 3 heterocycles. The van der Waals surface area contributed by atoms with Crippen molar-refractivity contribution in [3.05, 3.63) is 93.4 Å². The number of ether oxygens (including phenoxy) is 3. The molecule has 2 aromatic heterocycles. The van der Waals surface area contributed by atoms with Crippen LogP contribution in [0.2, 0.25) is 10.0 Å². The molecule has 5 rings (SSSR count). The molecule has 0 aliphatic carbocycles. The lowest BCUT2D eigenvalue weighted by Crippen LogP contribution is -2.35. The molecule has 4 aromatic rings. The molecule has 0 spiro atoms. The highest BCUT2D eigenvalue weighted by Crippen LogP contribution is 2.40. The molecule has 2 atom stereocenters. The molecular weight excluding hydrogens is 527 g/mol. The number of hydrogen-bond donors (Lipinski definition) is 1. The van der Waals surface area contributed by atoms with Crippen molar-refractivity contribution in [1.29, 1.82) is 0 Å². The van der Waals surface area contributed by atoms with Crippen LogP contribution in [0.25, 0.3) is 11.3 Å². The van der Waals surface area contributed by atoms with Crippen molar-refractivity contribution >= 4 is 23.2 Å². The number of benzene rings is 2. The minimum Gasteiger partial charge on any atom is -0.491 e. The van der Waals surface area contributed by atoms with E-state index in [1.807, 2.05) is 48.1 Å². The summed E-state index contributed by atoms with van der Waals surface area (Å²) < 4.78 is 22.2. The highest BCUT2D eigenvalue weighted by molar-refractivity contribution is 6.35. The Labute approximate surface area is 221 Å². The van der Waals surface area contributed by atoms with Gasteiger partial charge in [-0.3, -0.25) is 0 Å². The standard InChI is InChI=1S/C23H21Cl2N5O3.HNO3/c1-29-14-26-9-22(29)16-2-5-18(6-3-16)31-10-19-11-32-23(33-19,12-30-15-27-13-28-30)20-7-4-17(24)8-21(20)25;2-1(3)4/h2-9,13-15,19H,10-12H2,1H3;(H,2,3,4). The number of rotatable bonds is 7. The van der Waals surface area contributed by atoms with Crippen LogP contribution in [-0.2, 0) is 28.9 Å². The zero-order valence-corrected chi connectivity index (χ0v) is 21.0. The Morgan fingerprint density at radius 3 is 2.59 bits per heavy atom. The lowest BCUT2D eigenvalue weighted by Gasteiger charge is -2.29. The van der Waals surface area contributed by atoms with Gasteiger partial charge in [-0.2, -0.15) is 5.10 Å². The van der Waals surface area contributed by atoms with Crippen molar-refractivity contribution in [2.24, 2.45) is 7.05 Å². The first kappa shape index (κ1) is 26.4. The third kappa shape index (κ3) is 6.54. The molecule has 1 aliphatic heterocycles. The Morgan fingerprint density at radius 1 is 1.22 bits per heavy atom. The number of imidazole rings is 1. The van der Waals surface area contributed by atoms with Crippen LogP contribution in [0.1, 0.15) is 5.56 Å². The van der Waals surface area contributed by atoms with E-state index >= 15 is 0 Å². The lowest BCUT2D eigenvalue weighted by molar-refractivity contribution is -0.742. The molecule has 1 N–H and O–H groups in total. The van der Waals surface area contributed by atoms with Gasteiger partial charge in [0, 0.05) is 23.2 Å². The van der Waals surface area contributed by atoms with E-state index in [0.29, 0.717) is 28.8 Å². The molecule has 2 aromatic carbocycles. The van der Waals surface area contributed by atoms with Crippen molar-refractivity contribution in [1.82, 2.24) is 24.3 Å². The first-order valence-electron chi connectivity index (χ1n) is 10.9. The summed E-state index contributed by atoms with van der Waals surface area (Å²) in [5.41, 5.74) is 2.77. The third-order valence-corrected chi connectivity index (χ3v) is 5.99. The molecule has 194 valence electrons.